The molecule has 0 fully saturated rings. The molecule has 0 aliphatic rings. The van der Waals surface area contributed by atoms with Crippen LogP contribution in [0.4, 0.5) is 11.4 Å². The standard InChI is InChI=1S/C7H7NO3.C6H7NO/c8-4-1-2-6(9)5(3-4)7(10)11;7-5-3-1-2-4-6(5)8/h1-3,9H,8H2,(H,10,11);1-4,8H,7H2. The first-order chi connectivity index (χ1) is 8.91. The van der Waals surface area contributed by atoms with Crippen LogP contribution in [0.3, 0.4) is 0 Å². The number of anilines is 2. The molecule has 2 aromatic rings. The Kier molecular flexibility index (Phi) is 4.59. The molecular weight excluding hydrogens is 248 g/mol. The van der Waals surface area contributed by atoms with Gasteiger partial charge in [-0.3, -0.25) is 0 Å². The van der Waals surface area contributed by atoms with E-state index < -0.39 is 5.97 Å². The Bertz CT molecular complexity index is 564. The molecule has 2 aromatic carbocycles. The highest BCUT2D eigenvalue weighted by molar-refractivity contribution is 5.91. The number of para-hydroxylation sites is 2. The van der Waals surface area contributed by atoms with Crippen molar-refractivity contribution in [3.8, 4) is 11.5 Å². The van der Waals surface area contributed by atoms with Crippen LogP contribution in [0.1, 0.15) is 10.4 Å². The third-order valence-corrected chi connectivity index (χ3v) is 2.19. The number of nitrogen functional groups attached to an aromatic ring is 2. The predicted octanol–water partition coefficient (Wildman–Crippen LogP) is 1.65. The van der Waals surface area contributed by atoms with Crippen LogP contribution in [0, 0.1) is 0 Å². The molecule has 7 N–H and O–H groups in total. The maximum atomic E-state index is 10.4. The van der Waals surface area contributed by atoms with Gasteiger partial charge in [-0.1, -0.05) is 12.1 Å². The van der Waals surface area contributed by atoms with Crippen molar-refractivity contribution in [2.45, 2.75) is 0 Å². The van der Waals surface area contributed by atoms with Crippen LogP contribution in [0.5, 0.6) is 11.5 Å². The summed E-state index contributed by atoms with van der Waals surface area (Å²) < 4.78 is 0. The molecular formula is C13H14N2O4. The average Bonchev–Trinajstić information content (AvgIpc) is 2.36. The molecule has 0 heterocycles. The van der Waals surface area contributed by atoms with Gasteiger partial charge in [-0.25, -0.2) is 4.79 Å². The zero-order chi connectivity index (χ0) is 14.4. The summed E-state index contributed by atoms with van der Waals surface area (Å²) in [5.41, 5.74) is 11.1. The van der Waals surface area contributed by atoms with Gasteiger partial charge in [-0.2, -0.15) is 0 Å². The summed E-state index contributed by atoms with van der Waals surface area (Å²) in [6.45, 7) is 0. The van der Waals surface area contributed by atoms with E-state index in [1.807, 2.05) is 0 Å². The number of aromatic carboxylic acids is 1. The van der Waals surface area contributed by atoms with Gasteiger partial charge in [-0.15, -0.1) is 0 Å². The normalized spacial score (nSPS) is 9.26. The largest absolute Gasteiger partial charge is 0.507 e. The Morgan fingerprint density at radius 2 is 1.58 bits per heavy atom. The number of phenolic OH excluding ortho intramolecular Hbond substituents is 1. The molecule has 19 heavy (non-hydrogen) atoms. The van der Waals surface area contributed by atoms with E-state index in [4.69, 9.17) is 26.8 Å². The van der Waals surface area contributed by atoms with Crippen LogP contribution in [0.25, 0.3) is 0 Å². The van der Waals surface area contributed by atoms with Gasteiger partial charge >= 0.3 is 5.97 Å². The number of rotatable bonds is 1. The van der Waals surface area contributed by atoms with E-state index in [1.54, 1.807) is 24.3 Å². The zero-order valence-electron chi connectivity index (χ0n) is 9.95. The van der Waals surface area contributed by atoms with Gasteiger partial charge in [0.1, 0.15) is 17.1 Å². The molecule has 2 rings (SSSR count). The molecule has 0 unspecified atom stereocenters. The van der Waals surface area contributed by atoms with Gasteiger partial charge in [0.25, 0.3) is 0 Å². The fraction of sp³-hybridized carbons (Fsp3) is 0. The summed E-state index contributed by atoms with van der Waals surface area (Å²) >= 11 is 0. The second-order valence-corrected chi connectivity index (χ2v) is 3.64. The second-order valence-electron chi connectivity index (χ2n) is 3.64. The topological polar surface area (TPSA) is 130 Å². The summed E-state index contributed by atoms with van der Waals surface area (Å²) in [4.78, 5) is 10.4. The highest BCUT2D eigenvalue weighted by Crippen LogP contribution is 2.19. The second kappa shape index (κ2) is 6.15. The van der Waals surface area contributed by atoms with Crippen molar-refractivity contribution in [2.75, 3.05) is 11.5 Å². The first-order valence-electron chi connectivity index (χ1n) is 5.27. The summed E-state index contributed by atoms with van der Waals surface area (Å²) in [5, 5.41) is 26.2. The van der Waals surface area contributed by atoms with Gasteiger partial charge in [0.05, 0.1) is 5.69 Å². The minimum Gasteiger partial charge on any atom is -0.507 e. The summed E-state index contributed by atoms with van der Waals surface area (Å²) in [6, 6.07) is 10.6. The number of benzene rings is 2. The van der Waals surface area contributed by atoms with Crippen LogP contribution in [-0.4, -0.2) is 21.3 Å². The quantitative estimate of drug-likeness (QED) is 0.302. The maximum absolute atomic E-state index is 10.4. The molecule has 0 bridgehead atoms. The van der Waals surface area contributed by atoms with Crippen LogP contribution in [0.2, 0.25) is 0 Å². The molecule has 6 nitrogen and oxygen atoms in total. The van der Waals surface area contributed by atoms with E-state index in [2.05, 4.69) is 0 Å². The molecule has 0 saturated heterocycles. The highest BCUT2D eigenvalue weighted by Gasteiger charge is 2.08. The Balaban J connectivity index is 0.000000200. The van der Waals surface area contributed by atoms with Gasteiger partial charge < -0.3 is 26.8 Å². The van der Waals surface area contributed by atoms with Gasteiger partial charge in [0.2, 0.25) is 0 Å². The van der Waals surface area contributed by atoms with Crippen LogP contribution < -0.4 is 11.5 Å². The molecule has 6 heteroatoms. The summed E-state index contributed by atoms with van der Waals surface area (Å²) in [7, 11) is 0. The number of aromatic hydroxyl groups is 2. The fourth-order valence-electron chi connectivity index (χ4n) is 1.21. The number of hydrogen-bond donors (Lipinski definition) is 5. The zero-order valence-corrected chi connectivity index (χ0v) is 9.95. The predicted molar refractivity (Wildman–Crippen MR) is 72.0 cm³/mol. The lowest BCUT2D eigenvalue weighted by molar-refractivity contribution is 0.0694. The number of hydrogen-bond acceptors (Lipinski definition) is 5. The summed E-state index contributed by atoms with van der Waals surface area (Å²) in [5.74, 6) is -1.31. The maximum Gasteiger partial charge on any atom is 0.339 e. The van der Waals surface area contributed by atoms with Crippen LogP contribution in [0.15, 0.2) is 42.5 Å². The van der Waals surface area contributed by atoms with E-state index in [0.717, 1.165) is 0 Å². The minimum absolute atomic E-state index is 0.146. The lowest BCUT2D eigenvalue weighted by Crippen LogP contribution is -1.97. The third-order valence-electron chi connectivity index (χ3n) is 2.19. The van der Waals surface area contributed by atoms with E-state index in [0.29, 0.717) is 11.4 Å². The number of phenols is 2. The summed E-state index contributed by atoms with van der Waals surface area (Å²) in [6.07, 6.45) is 0. The molecule has 0 aliphatic carbocycles. The van der Waals surface area contributed by atoms with Crippen molar-refractivity contribution in [3.05, 3.63) is 48.0 Å². The monoisotopic (exact) mass is 262 g/mol. The molecule has 0 spiro atoms. The number of carbonyl (C=O) groups is 1. The first-order valence-corrected chi connectivity index (χ1v) is 5.27. The Labute approximate surface area is 109 Å². The minimum atomic E-state index is -1.19. The van der Waals surface area contributed by atoms with Gasteiger partial charge in [-0.05, 0) is 30.3 Å². The van der Waals surface area contributed by atoms with Gasteiger partial charge in [0, 0.05) is 5.69 Å². The van der Waals surface area contributed by atoms with Crippen molar-refractivity contribution in [1.29, 1.82) is 0 Å². The molecule has 0 aliphatic heterocycles. The van der Waals surface area contributed by atoms with Crippen molar-refractivity contribution < 1.29 is 20.1 Å². The van der Waals surface area contributed by atoms with E-state index in [-0.39, 0.29) is 17.1 Å². The van der Waals surface area contributed by atoms with Gasteiger partial charge in [0.15, 0.2) is 0 Å². The highest BCUT2D eigenvalue weighted by atomic mass is 16.4. The third kappa shape index (κ3) is 4.12. The number of nitrogens with two attached hydrogens (primary N) is 2. The SMILES string of the molecule is Nc1ccc(O)c(C(=O)O)c1.Nc1ccccc1O. The molecule has 0 amide bonds. The van der Waals surface area contributed by atoms with Crippen LogP contribution >= 0.6 is 0 Å². The Hall–Kier alpha value is -2.89. The molecule has 0 atom stereocenters. The average molecular weight is 262 g/mol. The number of carboxylic acid groups (broad SMARTS) is 1. The van der Waals surface area contributed by atoms with Crippen LogP contribution in [-0.2, 0) is 0 Å². The van der Waals surface area contributed by atoms with E-state index in [9.17, 15) is 4.79 Å². The van der Waals surface area contributed by atoms with E-state index >= 15 is 0 Å². The van der Waals surface area contributed by atoms with Crippen molar-refractivity contribution >= 4 is 17.3 Å². The first kappa shape index (κ1) is 14.2. The fourth-order valence-corrected chi connectivity index (χ4v) is 1.21. The smallest absolute Gasteiger partial charge is 0.339 e. The molecule has 0 radical (unpaired) electrons. The lowest BCUT2D eigenvalue weighted by atomic mass is 10.2. The van der Waals surface area contributed by atoms with Crippen molar-refractivity contribution in [1.82, 2.24) is 0 Å². The van der Waals surface area contributed by atoms with Crippen molar-refractivity contribution in [3.63, 3.8) is 0 Å². The van der Waals surface area contributed by atoms with Crippen molar-refractivity contribution in [2.24, 2.45) is 0 Å². The number of carboxylic acids is 1. The molecule has 0 aromatic heterocycles. The molecule has 100 valence electrons. The Morgan fingerprint density at radius 1 is 0.947 bits per heavy atom. The molecule has 0 saturated carbocycles. The Morgan fingerprint density at radius 3 is 2.00 bits per heavy atom. The van der Waals surface area contributed by atoms with E-state index in [1.165, 1.54) is 18.2 Å². The lowest BCUT2D eigenvalue weighted by Gasteiger charge is -1.98.